The van der Waals surface area contributed by atoms with Crippen LogP contribution in [0.3, 0.4) is 0 Å². The maximum Gasteiger partial charge on any atom is 0.0746 e. The second-order valence-corrected chi connectivity index (χ2v) is 22.7. The average Bonchev–Trinajstić information content (AvgIpc) is 4.24. The van der Waals surface area contributed by atoms with E-state index < -0.39 is 5.41 Å². The molecule has 0 fully saturated rings. The Morgan fingerprint density at radius 1 is 0.453 bits per heavy atom. The van der Waals surface area contributed by atoms with E-state index in [9.17, 15) is 0 Å². The predicted molar refractivity (Wildman–Crippen MR) is 316 cm³/mol. The second kappa shape index (κ2) is 16.3. The third-order valence-corrected chi connectivity index (χ3v) is 17.9. The van der Waals surface area contributed by atoms with Crippen LogP contribution in [0.15, 0.2) is 231 Å². The van der Waals surface area contributed by atoms with Crippen LogP contribution < -0.4 is 9.80 Å². The number of hydrogen-bond donors (Lipinski definition) is 0. The third-order valence-electron chi connectivity index (χ3n) is 17.9. The van der Waals surface area contributed by atoms with Crippen LogP contribution in [0.2, 0.25) is 0 Å². The fraction of sp³-hybridized carbons (Fsp3) is 0.151. The molecular weight excluding hydrogens is 905 g/mol. The average molecular weight is 965 g/mol. The molecule has 0 radical (unpaired) electrons. The smallest absolute Gasteiger partial charge is 0.0746 e. The van der Waals surface area contributed by atoms with Gasteiger partial charge in [0.05, 0.1) is 28.2 Å². The van der Waals surface area contributed by atoms with Crippen LogP contribution in [-0.2, 0) is 16.2 Å². The number of rotatable bonds is 8. The van der Waals surface area contributed by atoms with E-state index in [0.29, 0.717) is 5.92 Å². The van der Waals surface area contributed by atoms with Crippen molar-refractivity contribution < 1.29 is 0 Å². The highest BCUT2D eigenvalue weighted by molar-refractivity contribution is 6.04. The van der Waals surface area contributed by atoms with Crippen LogP contribution in [0.4, 0.5) is 34.1 Å². The molecule has 14 rings (SSSR count). The summed E-state index contributed by atoms with van der Waals surface area (Å²) in [5.41, 5.74) is 29.0. The van der Waals surface area contributed by atoms with Crippen molar-refractivity contribution in [3.63, 3.8) is 0 Å². The number of aryl methyl sites for hydroxylation is 2. The molecule has 0 bridgehead atoms. The molecule has 3 atom stereocenters. The van der Waals surface area contributed by atoms with Crippen LogP contribution in [-0.4, -0.2) is 0 Å². The molecule has 0 aliphatic heterocycles. The Hall–Kier alpha value is -8.46. The first-order valence-electron chi connectivity index (χ1n) is 26.7. The number of nitrogens with zero attached hydrogens (tertiary/aromatic N) is 2. The van der Waals surface area contributed by atoms with Crippen molar-refractivity contribution in [2.45, 2.75) is 63.7 Å². The molecule has 0 heterocycles. The van der Waals surface area contributed by atoms with Crippen molar-refractivity contribution in [2.24, 2.45) is 5.92 Å². The van der Waals surface area contributed by atoms with Gasteiger partial charge in [-0.1, -0.05) is 222 Å². The lowest BCUT2D eigenvalue weighted by atomic mass is 9.69. The van der Waals surface area contributed by atoms with Crippen LogP contribution in [0.25, 0.3) is 39.5 Å². The van der Waals surface area contributed by atoms with E-state index >= 15 is 0 Å². The molecule has 75 heavy (non-hydrogen) atoms. The Bertz CT molecular complexity index is 3970. The number of hydrogen-bond acceptors (Lipinski definition) is 2. The topological polar surface area (TPSA) is 6.48 Å². The lowest BCUT2D eigenvalue weighted by molar-refractivity contribution is 0.393. The second-order valence-electron chi connectivity index (χ2n) is 22.7. The molecular formula is C73H60N2. The summed E-state index contributed by atoms with van der Waals surface area (Å²) in [5.74, 6) is 0.578. The van der Waals surface area contributed by atoms with Crippen molar-refractivity contribution in [3.05, 3.63) is 292 Å². The largest absolute Gasteiger partial charge is 0.310 e. The van der Waals surface area contributed by atoms with E-state index in [0.717, 1.165) is 16.9 Å². The van der Waals surface area contributed by atoms with Crippen LogP contribution >= 0.6 is 0 Å². The molecule has 1 spiro atoms. The molecule has 9 aromatic carbocycles. The molecule has 0 N–H and O–H groups in total. The lowest BCUT2D eigenvalue weighted by Gasteiger charge is -2.38. The van der Waals surface area contributed by atoms with Gasteiger partial charge >= 0.3 is 0 Å². The van der Waals surface area contributed by atoms with Gasteiger partial charge in [-0.25, -0.2) is 0 Å². The first kappa shape index (κ1) is 45.2. The zero-order valence-electron chi connectivity index (χ0n) is 43.7. The first-order chi connectivity index (χ1) is 36.5. The summed E-state index contributed by atoms with van der Waals surface area (Å²) in [7, 11) is 0. The van der Waals surface area contributed by atoms with Crippen LogP contribution in [0, 0.1) is 19.8 Å². The van der Waals surface area contributed by atoms with E-state index in [-0.39, 0.29) is 16.7 Å². The molecule has 0 saturated heterocycles. The van der Waals surface area contributed by atoms with Gasteiger partial charge in [0.15, 0.2) is 0 Å². The predicted octanol–water partition coefficient (Wildman–Crippen LogP) is 19.2. The van der Waals surface area contributed by atoms with Gasteiger partial charge in [0.2, 0.25) is 0 Å². The third kappa shape index (κ3) is 6.14. The highest BCUT2D eigenvalue weighted by atomic mass is 15.2. The Morgan fingerprint density at radius 3 is 1.64 bits per heavy atom. The molecule has 2 nitrogen and oxygen atoms in total. The molecule has 0 saturated carbocycles. The Labute approximate surface area is 443 Å². The molecule has 0 aromatic heterocycles. The van der Waals surface area contributed by atoms with Gasteiger partial charge in [-0.2, -0.15) is 0 Å². The standard InChI is InChI=1S/C73H60N2/c1-9-47-35-41-52-54-21-15-28-64(68(54)71(5,6)61(52)43-47)74(49-37-31-45(3)32-38-49)63-27-18-26-60-67(63)57-20-12-14-25-59(57)73(60)58-24-13-11-19-51(58)56-23-17-30-66(70(56)73)75(50-39-33-46(4)34-40-50)65-29-16-22-55-53-42-36-48(10-2)44-62(53)72(7,8)69(55)65/h9-44,52,61H,1-2H2,3-8H3. The first-order valence-corrected chi connectivity index (χ1v) is 26.7. The summed E-state index contributed by atoms with van der Waals surface area (Å²) in [6.07, 6.45) is 11.1. The molecule has 5 aliphatic rings. The molecule has 9 aromatic rings. The van der Waals surface area contributed by atoms with E-state index in [4.69, 9.17) is 0 Å². The Kier molecular flexibility index (Phi) is 9.80. The minimum absolute atomic E-state index is 0.172. The molecule has 2 heteroatoms. The number of allylic oxidation sites excluding steroid dienone is 5. The fourth-order valence-corrected chi connectivity index (χ4v) is 14.6. The summed E-state index contributed by atoms with van der Waals surface area (Å²) in [6.45, 7) is 22.5. The van der Waals surface area contributed by atoms with Gasteiger partial charge < -0.3 is 9.80 Å². The van der Waals surface area contributed by atoms with E-state index in [1.807, 2.05) is 12.2 Å². The molecule has 3 unspecified atom stereocenters. The van der Waals surface area contributed by atoms with Crippen molar-refractivity contribution in [1.29, 1.82) is 0 Å². The summed E-state index contributed by atoms with van der Waals surface area (Å²) in [6, 6.07) is 72.0. The van der Waals surface area contributed by atoms with E-state index in [1.54, 1.807) is 0 Å². The number of benzene rings is 9. The summed E-state index contributed by atoms with van der Waals surface area (Å²) in [4.78, 5) is 5.20. The quantitative estimate of drug-likeness (QED) is 0.150. The normalized spacial score (nSPS) is 18.9. The summed E-state index contributed by atoms with van der Waals surface area (Å²) >= 11 is 0. The van der Waals surface area contributed by atoms with Crippen LogP contribution in [0.1, 0.15) is 94.8 Å². The van der Waals surface area contributed by atoms with Gasteiger partial charge in [-0.3, -0.25) is 0 Å². The monoisotopic (exact) mass is 964 g/mol. The highest BCUT2D eigenvalue weighted by Gasteiger charge is 2.55. The highest BCUT2D eigenvalue weighted by Crippen LogP contribution is 2.68. The summed E-state index contributed by atoms with van der Waals surface area (Å²) < 4.78 is 0. The van der Waals surface area contributed by atoms with Crippen molar-refractivity contribution in [3.8, 4) is 33.4 Å². The minimum Gasteiger partial charge on any atom is -0.310 e. The van der Waals surface area contributed by atoms with Gasteiger partial charge in [0.1, 0.15) is 0 Å². The van der Waals surface area contributed by atoms with Crippen molar-refractivity contribution in [1.82, 2.24) is 0 Å². The van der Waals surface area contributed by atoms with Crippen molar-refractivity contribution in [2.75, 3.05) is 9.80 Å². The fourth-order valence-electron chi connectivity index (χ4n) is 14.6. The van der Waals surface area contributed by atoms with Crippen molar-refractivity contribution >= 4 is 40.2 Å². The minimum atomic E-state index is -0.675. The number of fused-ring (bicyclic) bond motifs is 16. The Balaban J connectivity index is 1.06. The Morgan fingerprint density at radius 2 is 0.973 bits per heavy atom. The maximum atomic E-state index is 4.19. The molecule has 5 aliphatic carbocycles. The van der Waals surface area contributed by atoms with Gasteiger partial charge in [-0.05, 0) is 152 Å². The molecule has 362 valence electrons. The zero-order valence-corrected chi connectivity index (χ0v) is 43.7. The van der Waals surface area contributed by atoms with E-state index in [1.165, 1.54) is 117 Å². The number of anilines is 6. The maximum absolute atomic E-state index is 4.19. The summed E-state index contributed by atoms with van der Waals surface area (Å²) in [5, 5.41) is 0. The lowest BCUT2D eigenvalue weighted by Crippen LogP contribution is -2.29. The van der Waals surface area contributed by atoms with Gasteiger partial charge in [0, 0.05) is 33.8 Å². The SMILES string of the molecule is C=CC1=CC2C(C=C1)c1cccc(N(c3ccc(C)cc3)c3cccc4c3-c3ccccc3C43c4ccccc4-c4cccc(N(c5ccc(C)cc5)c5cccc6c5C(C)(C)c5cc(C=C)ccc5-6)c43)c1C2(C)C. The zero-order chi connectivity index (χ0) is 51.1. The van der Waals surface area contributed by atoms with E-state index in [2.05, 4.69) is 271 Å². The van der Waals surface area contributed by atoms with Gasteiger partial charge in [0.25, 0.3) is 0 Å². The molecule has 0 amide bonds. The van der Waals surface area contributed by atoms with Gasteiger partial charge in [-0.15, -0.1) is 0 Å². The van der Waals surface area contributed by atoms with Crippen LogP contribution in [0.5, 0.6) is 0 Å².